The number of aromatic nitrogens is 1. The van der Waals surface area contributed by atoms with Gasteiger partial charge < -0.3 is 15.2 Å². The van der Waals surface area contributed by atoms with E-state index >= 15 is 0 Å². The molecule has 0 spiro atoms. The van der Waals surface area contributed by atoms with Crippen molar-refractivity contribution in [2.45, 2.75) is 26.3 Å². The van der Waals surface area contributed by atoms with Crippen LogP contribution in [0, 0.1) is 13.8 Å². The van der Waals surface area contributed by atoms with Gasteiger partial charge in [0.05, 0.1) is 6.04 Å². The third-order valence-corrected chi connectivity index (χ3v) is 5.96. The smallest absolute Gasteiger partial charge is 0.322 e. The second-order valence-electron chi connectivity index (χ2n) is 8.12. The molecule has 3 aromatic carbocycles. The monoisotopic (exact) mass is 395 g/mol. The highest BCUT2D eigenvalue weighted by molar-refractivity contribution is 5.91. The molecule has 4 heteroatoms. The van der Waals surface area contributed by atoms with Crippen molar-refractivity contribution in [1.82, 2.24) is 9.88 Å². The van der Waals surface area contributed by atoms with Crippen LogP contribution in [-0.4, -0.2) is 22.5 Å². The minimum absolute atomic E-state index is 0.0736. The number of fused-ring (bicyclic) bond motifs is 3. The van der Waals surface area contributed by atoms with Gasteiger partial charge >= 0.3 is 6.03 Å². The molecule has 1 aliphatic heterocycles. The molecule has 150 valence electrons. The number of amides is 2. The van der Waals surface area contributed by atoms with Gasteiger partial charge in [0.15, 0.2) is 0 Å². The van der Waals surface area contributed by atoms with Crippen LogP contribution >= 0.6 is 0 Å². The Balaban J connectivity index is 1.57. The number of nitrogens with zero attached hydrogens (tertiary/aromatic N) is 1. The van der Waals surface area contributed by atoms with Crippen molar-refractivity contribution in [1.29, 1.82) is 0 Å². The van der Waals surface area contributed by atoms with E-state index in [2.05, 4.69) is 59.7 Å². The van der Waals surface area contributed by atoms with E-state index in [9.17, 15) is 4.79 Å². The van der Waals surface area contributed by atoms with Gasteiger partial charge in [-0.15, -0.1) is 0 Å². The number of carbonyl (C=O) groups is 1. The fourth-order valence-electron chi connectivity index (χ4n) is 4.47. The van der Waals surface area contributed by atoms with Crippen molar-refractivity contribution in [3.05, 3.63) is 101 Å². The maximum absolute atomic E-state index is 13.4. The van der Waals surface area contributed by atoms with Gasteiger partial charge in [0.2, 0.25) is 0 Å². The third kappa shape index (κ3) is 3.24. The largest absolute Gasteiger partial charge is 0.356 e. The molecule has 0 unspecified atom stereocenters. The molecule has 4 aromatic rings. The number of nitrogens with one attached hydrogen (secondary N) is 2. The van der Waals surface area contributed by atoms with E-state index in [-0.39, 0.29) is 12.1 Å². The van der Waals surface area contributed by atoms with E-state index in [4.69, 9.17) is 0 Å². The lowest BCUT2D eigenvalue weighted by molar-refractivity contribution is 0.193. The van der Waals surface area contributed by atoms with Crippen LogP contribution in [0.25, 0.3) is 10.9 Å². The van der Waals surface area contributed by atoms with Crippen molar-refractivity contribution in [3.63, 3.8) is 0 Å². The quantitative estimate of drug-likeness (QED) is 0.432. The molecule has 5 rings (SSSR count). The molecule has 0 saturated carbocycles. The summed E-state index contributed by atoms with van der Waals surface area (Å²) < 4.78 is 0. The average molecular weight is 396 g/mol. The number of hydrogen-bond acceptors (Lipinski definition) is 1. The van der Waals surface area contributed by atoms with Gasteiger partial charge in [-0.3, -0.25) is 0 Å². The number of H-pyrrole nitrogens is 1. The van der Waals surface area contributed by atoms with E-state index in [1.807, 2.05) is 42.2 Å². The first-order chi connectivity index (χ1) is 14.6. The number of para-hydroxylation sites is 1. The highest BCUT2D eigenvalue weighted by Crippen LogP contribution is 2.38. The van der Waals surface area contributed by atoms with Crippen molar-refractivity contribution < 1.29 is 4.79 Å². The molecule has 0 bridgehead atoms. The molecular weight excluding hydrogens is 370 g/mol. The molecule has 2 amide bonds. The van der Waals surface area contributed by atoms with Crippen molar-refractivity contribution >= 4 is 22.6 Å². The van der Waals surface area contributed by atoms with E-state index < -0.39 is 0 Å². The summed E-state index contributed by atoms with van der Waals surface area (Å²) in [4.78, 5) is 18.9. The van der Waals surface area contributed by atoms with Crippen LogP contribution in [0.5, 0.6) is 0 Å². The number of hydrogen-bond donors (Lipinski definition) is 2. The van der Waals surface area contributed by atoms with Crippen LogP contribution in [0.2, 0.25) is 0 Å². The predicted molar refractivity (Wildman–Crippen MR) is 122 cm³/mol. The maximum atomic E-state index is 13.4. The lowest BCUT2D eigenvalue weighted by Gasteiger charge is -2.36. The van der Waals surface area contributed by atoms with E-state index in [0.717, 1.165) is 34.4 Å². The molecule has 0 aliphatic carbocycles. The van der Waals surface area contributed by atoms with Crippen molar-refractivity contribution in [3.8, 4) is 0 Å². The molecule has 1 aliphatic rings. The first-order valence-corrected chi connectivity index (χ1v) is 10.4. The lowest BCUT2D eigenvalue weighted by atomic mass is 9.92. The number of anilines is 1. The maximum Gasteiger partial charge on any atom is 0.322 e. The molecule has 0 saturated heterocycles. The van der Waals surface area contributed by atoms with Gasteiger partial charge in [0.1, 0.15) is 0 Å². The second kappa shape index (κ2) is 7.38. The molecule has 2 heterocycles. The summed E-state index contributed by atoms with van der Waals surface area (Å²) >= 11 is 0. The van der Waals surface area contributed by atoms with Crippen molar-refractivity contribution in [2.24, 2.45) is 0 Å². The number of rotatable bonds is 2. The molecule has 2 N–H and O–H groups in total. The molecule has 30 heavy (non-hydrogen) atoms. The number of aromatic amines is 1. The zero-order valence-corrected chi connectivity index (χ0v) is 17.3. The van der Waals surface area contributed by atoms with Crippen LogP contribution in [0.4, 0.5) is 10.5 Å². The van der Waals surface area contributed by atoms with Crippen LogP contribution < -0.4 is 5.32 Å². The summed E-state index contributed by atoms with van der Waals surface area (Å²) in [6.07, 6.45) is 0.836. The van der Waals surface area contributed by atoms with Crippen LogP contribution in [-0.2, 0) is 6.42 Å². The molecular formula is C26H25N3O. The van der Waals surface area contributed by atoms with E-state index in [1.54, 1.807) is 0 Å². The Bertz CT molecular complexity index is 1220. The summed E-state index contributed by atoms with van der Waals surface area (Å²) in [6, 6.07) is 24.6. The van der Waals surface area contributed by atoms with Gasteiger partial charge in [-0.25, -0.2) is 4.79 Å². The van der Waals surface area contributed by atoms with E-state index in [1.165, 1.54) is 16.5 Å². The van der Waals surface area contributed by atoms with Gasteiger partial charge in [-0.1, -0.05) is 60.2 Å². The highest BCUT2D eigenvalue weighted by Gasteiger charge is 2.34. The molecule has 0 fully saturated rings. The Kier molecular flexibility index (Phi) is 4.55. The average Bonchev–Trinajstić information content (AvgIpc) is 3.12. The van der Waals surface area contributed by atoms with E-state index in [0.29, 0.717) is 6.54 Å². The van der Waals surface area contributed by atoms with Crippen molar-refractivity contribution in [2.75, 3.05) is 11.9 Å². The van der Waals surface area contributed by atoms with Crippen LogP contribution in [0.3, 0.4) is 0 Å². The Morgan fingerprint density at radius 3 is 2.57 bits per heavy atom. The van der Waals surface area contributed by atoms with Gasteiger partial charge in [0, 0.05) is 28.8 Å². The third-order valence-electron chi connectivity index (χ3n) is 5.96. The van der Waals surface area contributed by atoms with Crippen LogP contribution in [0.1, 0.15) is 34.0 Å². The van der Waals surface area contributed by atoms with Gasteiger partial charge in [-0.2, -0.15) is 0 Å². The molecule has 0 radical (unpaired) electrons. The Morgan fingerprint density at radius 2 is 1.77 bits per heavy atom. The lowest BCUT2D eigenvalue weighted by Crippen LogP contribution is -2.43. The summed E-state index contributed by atoms with van der Waals surface area (Å²) in [5, 5.41) is 4.35. The highest BCUT2D eigenvalue weighted by atomic mass is 16.2. The van der Waals surface area contributed by atoms with Gasteiger partial charge in [-0.05, 0) is 55.2 Å². The summed E-state index contributed by atoms with van der Waals surface area (Å²) in [6.45, 7) is 4.79. The zero-order valence-electron chi connectivity index (χ0n) is 17.3. The summed E-state index contributed by atoms with van der Waals surface area (Å²) in [7, 11) is 0. The standard InChI is InChI=1S/C26H25N3O/c1-17-10-12-19(13-11-17)25-24-22(21-8-3-4-9-23(21)28-24)14-15-29(25)26(30)27-20-7-5-6-18(2)16-20/h3-13,16,25,28H,14-15H2,1-2H3,(H,27,30)/t25-/m0/s1. The Hall–Kier alpha value is -3.53. The minimum Gasteiger partial charge on any atom is -0.356 e. The molecule has 4 nitrogen and oxygen atoms in total. The summed E-state index contributed by atoms with van der Waals surface area (Å²) in [5.41, 5.74) is 7.83. The predicted octanol–water partition coefficient (Wildman–Crippen LogP) is 5.96. The fraction of sp³-hybridized carbons (Fsp3) is 0.192. The Labute approximate surface area is 176 Å². The fourth-order valence-corrected chi connectivity index (χ4v) is 4.47. The molecule has 1 aromatic heterocycles. The molecule has 1 atom stereocenters. The second-order valence-corrected chi connectivity index (χ2v) is 8.12. The minimum atomic E-state index is -0.147. The number of aryl methyl sites for hydroxylation is 2. The SMILES string of the molecule is Cc1ccc([C@H]2c3[nH]c4ccccc4c3CCN2C(=O)Nc2cccc(C)c2)cc1. The Morgan fingerprint density at radius 1 is 0.967 bits per heavy atom. The zero-order chi connectivity index (χ0) is 20.7. The van der Waals surface area contributed by atoms with Gasteiger partial charge in [0.25, 0.3) is 0 Å². The topological polar surface area (TPSA) is 48.1 Å². The number of benzene rings is 3. The first kappa shape index (κ1) is 18.5. The first-order valence-electron chi connectivity index (χ1n) is 10.4. The normalized spacial score (nSPS) is 15.8. The summed E-state index contributed by atoms with van der Waals surface area (Å²) in [5.74, 6) is 0. The van der Waals surface area contributed by atoms with Crippen LogP contribution in [0.15, 0.2) is 72.8 Å². The number of urea groups is 1. The number of carbonyl (C=O) groups excluding carboxylic acids is 1.